The van der Waals surface area contributed by atoms with E-state index in [0.717, 1.165) is 12.8 Å². The number of nitrogens with zero attached hydrogens (tertiary/aromatic N) is 2. The second-order valence-corrected chi connectivity index (χ2v) is 7.13. The summed E-state index contributed by atoms with van der Waals surface area (Å²) in [4.78, 5) is 0.0598. The van der Waals surface area contributed by atoms with E-state index >= 15 is 0 Å². The molecule has 1 aromatic rings. The van der Waals surface area contributed by atoms with Gasteiger partial charge in [-0.2, -0.15) is 5.10 Å². The number of aromatic nitrogens is 2. The van der Waals surface area contributed by atoms with Crippen LogP contribution in [0.25, 0.3) is 0 Å². The van der Waals surface area contributed by atoms with Crippen molar-refractivity contribution >= 4 is 15.8 Å². The molecule has 6 nitrogen and oxygen atoms in total. The monoisotopic (exact) mass is 272 g/mol. The molecule has 1 heterocycles. The van der Waals surface area contributed by atoms with Gasteiger partial charge in [0.15, 0.2) is 5.82 Å². The molecule has 3 N–H and O–H groups in total. The minimum absolute atomic E-state index is 0.0411. The largest absolute Gasteiger partial charge is 0.381 e. The maximum atomic E-state index is 12.1. The minimum atomic E-state index is -3.56. The van der Waals surface area contributed by atoms with E-state index in [2.05, 4.69) is 23.7 Å². The van der Waals surface area contributed by atoms with E-state index in [9.17, 15) is 8.42 Å². The molecule has 2 rings (SSSR count). The first kappa shape index (κ1) is 13.4. The molecular weight excluding hydrogens is 252 g/mol. The number of hydrogen-bond acceptors (Lipinski definition) is 4. The van der Waals surface area contributed by atoms with E-state index in [4.69, 9.17) is 5.73 Å². The van der Waals surface area contributed by atoms with Crippen molar-refractivity contribution in [1.29, 1.82) is 0 Å². The van der Waals surface area contributed by atoms with Gasteiger partial charge in [-0.3, -0.25) is 4.68 Å². The Bertz CT molecular complexity index is 543. The molecule has 1 aliphatic rings. The number of hydrogen-bond donors (Lipinski definition) is 2. The lowest BCUT2D eigenvalue weighted by Crippen LogP contribution is -2.32. The Kier molecular flexibility index (Phi) is 3.14. The third-order valence-electron chi connectivity index (χ3n) is 3.84. The molecule has 102 valence electrons. The number of anilines is 1. The molecule has 1 aromatic heterocycles. The number of nitrogens with one attached hydrogen (secondary N) is 1. The van der Waals surface area contributed by atoms with Gasteiger partial charge in [-0.25, -0.2) is 13.1 Å². The van der Waals surface area contributed by atoms with Crippen LogP contribution < -0.4 is 10.5 Å². The molecule has 0 aromatic carbocycles. The Morgan fingerprint density at radius 3 is 2.56 bits per heavy atom. The molecule has 0 radical (unpaired) electrons. The zero-order valence-corrected chi connectivity index (χ0v) is 11.8. The summed E-state index contributed by atoms with van der Waals surface area (Å²) in [7, 11) is -1.91. The summed E-state index contributed by atoms with van der Waals surface area (Å²) < 4.78 is 28.3. The number of rotatable bonds is 5. The molecular formula is C11H20N4O2S. The lowest BCUT2D eigenvalue weighted by atomic mass is 9.93. The summed E-state index contributed by atoms with van der Waals surface area (Å²) in [6.45, 7) is 4.72. The maximum absolute atomic E-state index is 12.1. The van der Waals surface area contributed by atoms with Crippen LogP contribution in [0, 0.1) is 11.3 Å². The zero-order chi connectivity index (χ0) is 13.6. The Balaban J connectivity index is 2.11. The predicted octanol–water partition coefficient (Wildman–Crippen LogP) is 0.717. The lowest BCUT2D eigenvalue weighted by molar-refractivity contribution is 0.357. The number of aryl methyl sites for hydroxylation is 1. The van der Waals surface area contributed by atoms with E-state index in [-0.39, 0.29) is 16.1 Å². The summed E-state index contributed by atoms with van der Waals surface area (Å²) in [5.74, 6) is 0.519. The summed E-state index contributed by atoms with van der Waals surface area (Å²) in [6.07, 6.45) is 3.58. The normalized spacial score (nSPS) is 18.2. The molecule has 1 fully saturated rings. The van der Waals surface area contributed by atoms with Crippen molar-refractivity contribution in [3.63, 3.8) is 0 Å². The van der Waals surface area contributed by atoms with E-state index in [1.54, 1.807) is 7.05 Å². The molecule has 0 saturated heterocycles. The van der Waals surface area contributed by atoms with Crippen molar-refractivity contribution in [2.75, 3.05) is 12.3 Å². The van der Waals surface area contributed by atoms with Crippen LogP contribution in [0.5, 0.6) is 0 Å². The predicted molar refractivity (Wildman–Crippen MR) is 69.3 cm³/mol. The van der Waals surface area contributed by atoms with E-state index in [1.165, 1.54) is 10.9 Å². The van der Waals surface area contributed by atoms with Crippen LogP contribution in [0.15, 0.2) is 11.1 Å². The maximum Gasteiger partial charge on any atom is 0.245 e. The van der Waals surface area contributed by atoms with E-state index in [1.807, 2.05) is 0 Å². The number of sulfonamides is 1. The fourth-order valence-corrected chi connectivity index (χ4v) is 3.37. The van der Waals surface area contributed by atoms with E-state index < -0.39 is 10.0 Å². The Morgan fingerprint density at radius 1 is 1.56 bits per heavy atom. The van der Waals surface area contributed by atoms with Crippen molar-refractivity contribution in [1.82, 2.24) is 14.5 Å². The summed E-state index contributed by atoms with van der Waals surface area (Å²) >= 11 is 0. The highest BCUT2D eigenvalue weighted by Crippen LogP contribution is 2.51. The van der Waals surface area contributed by atoms with Gasteiger partial charge < -0.3 is 5.73 Å². The lowest BCUT2D eigenvalue weighted by Gasteiger charge is -2.19. The minimum Gasteiger partial charge on any atom is -0.381 e. The van der Waals surface area contributed by atoms with Crippen LogP contribution in [-0.4, -0.2) is 24.7 Å². The highest BCUT2D eigenvalue weighted by atomic mass is 32.2. The van der Waals surface area contributed by atoms with Crippen LogP contribution in [0.2, 0.25) is 0 Å². The molecule has 0 bridgehead atoms. The van der Waals surface area contributed by atoms with Crippen LogP contribution in [0.1, 0.15) is 26.7 Å². The first-order valence-corrected chi connectivity index (χ1v) is 7.54. The summed E-state index contributed by atoms with van der Waals surface area (Å²) in [6, 6.07) is 0. The van der Waals surface area contributed by atoms with Gasteiger partial charge in [-0.05, 0) is 24.2 Å². The van der Waals surface area contributed by atoms with Gasteiger partial charge >= 0.3 is 0 Å². The molecule has 0 unspecified atom stereocenters. The topological polar surface area (TPSA) is 90.0 Å². The molecule has 7 heteroatoms. The molecule has 0 aliphatic heterocycles. The average molecular weight is 272 g/mol. The second-order valence-electron chi connectivity index (χ2n) is 5.39. The van der Waals surface area contributed by atoms with Crippen molar-refractivity contribution in [3.05, 3.63) is 6.20 Å². The Morgan fingerprint density at radius 2 is 2.17 bits per heavy atom. The standard InChI is InChI=1S/C11H20N4O2S/c1-8(2)11(4-5-11)7-13-18(16,17)9-6-15(3)14-10(9)12/h6,8,13H,4-5,7H2,1-3H3,(H2,12,14). The van der Waals surface area contributed by atoms with Crippen molar-refractivity contribution in [2.24, 2.45) is 18.4 Å². The van der Waals surface area contributed by atoms with Gasteiger partial charge in [-0.15, -0.1) is 0 Å². The van der Waals surface area contributed by atoms with E-state index in [0.29, 0.717) is 12.5 Å². The number of nitrogen functional groups attached to an aromatic ring is 1. The van der Waals surface area contributed by atoms with Gasteiger partial charge in [0.2, 0.25) is 10.0 Å². The van der Waals surface area contributed by atoms with Gasteiger partial charge in [0, 0.05) is 19.8 Å². The molecule has 1 aliphatic carbocycles. The smallest absolute Gasteiger partial charge is 0.245 e. The highest BCUT2D eigenvalue weighted by Gasteiger charge is 2.45. The van der Waals surface area contributed by atoms with Crippen molar-refractivity contribution in [2.45, 2.75) is 31.6 Å². The summed E-state index contributed by atoms with van der Waals surface area (Å²) in [5, 5.41) is 3.85. The fraction of sp³-hybridized carbons (Fsp3) is 0.727. The fourth-order valence-electron chi connectivity index (χ4n) is 2.13. The van der Waals surface area contributed by atoms with Crippen molar-refractivity contribution in [3.8, 4) is 0 Å². The third-order valence-corrected chi connectivity index (χ3v) is 5.26. The first-order chi connectivity index (χ1) is 8.27. The van der Waals surface area contributed by atoms with Crippen LogP contribution in [-0.2, 0) is 17.1 Å². The zero-order valence-electron chi connectivity index (χ0n) is 11.0. The Hall–Kier alpha value is -1.08. The average Bonchev–Trinajstić information content (AvgIpc) is 2.97. The quantitative estimate of drug-likeness (QED) is 0.826. The van der Waals surface area contributed by atoms with Crippen LogP contribution in [0.4, 0.5) is 5.82 Å². The third kappa shape index (κ3) is 2.37. The summed E-state index contributed by atoms with van der Waals surface area (Å²) in [5.41, 5.74) is 5.72. The highest BCUT2D eigenvalue weighted by molar-refractivity contribution is 7.89. The molecule has 0 spiro atoms. The Labute approximate surface area is 108 Å². The van der Waals surface area contributed by atoms with Gasteiger partial charge in [0.1, 0.15) is 4.90 Å². The number of nitrogens with two attached hydrogens (primary N) is 1. The first-order valence-electron chi connectivity index (χ1n) is 6.06. The SMILES string of the molecule is CC(C)C1(CNS(=O)(=O)c2cn(C)nc2N)CC1. The molecule has 1 saturated carbocycles. The van der Waals surface area contributed by atoms with Crippen LogP contribution in [0.3, 0.4) is 0 Å². The van der Waals surface area contributed by atoms with Gasteiger partial charge in [0.05, 0.1) is 0 Å². The van der Waals surface area contributed by atoms with Gasteiger partial charge in [0.25, 0.3) is 0 Å². The molecule has 0 amide bonds. The van der Waals surface area contributed by atoms with Crippen molar-refractivity contribution < 1.29 is 8.42 Å². The second kappa shape index (κ2) is 4.24. The van der Waals surface area contributed by atoms with Gasteiger partial charge in [-0.1, -0.05) is 13.8 Å². The molecule has 18 heavy (non-hydrogen) atoms. The molecule has 0 atom stereocenters. The van der Waals surface area contributed by atoms with Crippen LogP contribution >= 0.6 is 0 Å².